The van der Waals surface area contributed by atoms with Crippen molar-refractivity contribution in [3.05, 3.63) is 30.3 Å². The molecule has 0 unspecified atom stereocenters. The van der Waals surface area contributed by atoms with Gasteiger partial charge in [-0.2, -0.15) is 0 Å². The number of ether oxygens (including phenoxy) is 2. The van der Waals surface area contributed by atoms with Gasteiger partial charge in [0.25, 0.3) is 5.91 Å². The molecule has 4 heteroatoms. The standard InChI is InChI=1S/C16H21NO3/c18-16(15-9-5-11-19-15)17-10-4-6-13(17)12-20-14-7-2-1-3-8-14/h1-3,7-8,13,15H,4-6,9-12H2/t13-,15-/m1/s1. The van der Waals surface area contributed by atoms with E-state index in [1.807, 2.05) is 35.2 Å². The molecular formula is C16H21NO3. The lowest BCUT2D eigenvalue weighted by Gasteiger charge is -2.27. The van der Waals surface area contributed by atoms with Crippen LogP contribution < -0.4 is 4.74 Å². The topological polar surface area (TPSA) is 38.8 Å². The van der Waals surface area contributed by atoms with Crippen LogP contribution in [0.25, 0.3) is 0 Å². The Bertz CT molecular complexity index is 442. The molecule has 2 saturated heterocycles. The maximum Gasteiger partial charge on any atom is 0.252 e. The third kappa shape index (κ3) is 2.96. The third-order valence-electron chi connectivity index (χ3n) is 4.05. The zero-order valence-electron chi connectivity index (χ0n) is 11.7. The molecule has 0 aliphatic carbocycles. The summed E-state index contributed by atoms with van der Waals surface area (Å²) < 4.78 is 11.3. The Morgan fingerprint density at radius 3 is 2.85 bits per heavy atom. The molecule has 1 aromatic rings. The van der Waals surface area contributed by atoms with Gasteiger partial charge in [0.15, 0.2) is 0 Å². The molecule has 2 heterocycles. The zero-order chi connectivity index (χ0) is 13.8. The summed E-state index contributed by atoms with van der Waals surface area (Å²) in [7, 11) is 0. The number of carbonyl (C=O) groups excluding carboxylic acids is 1. The van der Waals surface area contributed by atoms with Crippen molar-refractivity contribution in [1.29, 1.82) is 0 Å². The Labute approximate surface area is 119 Å². The van der Waals surface area contributed by atoms with Crippen LogP contribution in [-0.4, -0.2) is 42.7 Å². The minimum absolute atomic E-state index is 0.154. The van der Waals surface area contributed by atoms with Gasteiger partial charge in [0.05, 0.1) is 6.04 Å². The maximum absolute atomic E-state index is 12.4. The van der Waals surface area contributed by atoms with Gasteiger partial charge in [0.1, 0.15) is 18.5 Å². The van der Waals surface area contributed by atoms with Crippen LogP contribution >= 0.6 is 0 Å². The second kappa shape index (κ2) is 6.27. The maximum atomic E-state index is 12.4. The van der Waals surface area contributed by atoms with E-state index in [2.05, 4.69) is 0 Å². The van der Waals surface area contributed by atoms with Gasteiger partial charge >= 0.3 is 0 Å². The van der Waals surface area contributed by atoms with Crippen LogP contribution in [0.2, 0.25) is 0 Å². The van der Waals surface area contributed by atoms with Crippen LogP contribution in [-0.2, 0) is 9.53 Å². The van der Waals surface area contributed by atoms with E-state index < -0.39 is 0 Å². The molecule has 0 aromatic heterocycles. The van der Waals surface area contributed by atoms with E-state index in [0.29, 0.717) is 6.61 Å². The number of rotatable bonds is 4. The highest BCUT2D eigenvalue weighted by Crippen LogP contribution is 2.23. The van der Waals surface area contributed by atoms with Crippen molar-refractivity contribution in [2.24, 2.45) is 0 Å². The van der Waals surface area contributed by atoms with Gasteiger partial charge in [-0.1, -0.05) is 18.2 Å². The molecule has 108 valence electrons. The molecule has 0 radical (unpaired) electrons. The predicted molar refractivity (Wildman–Crippen MR) is 75.6 cm³/mol. The van der Waals surface area contributed by atoms with Crippen LogP contribution in [0, 0.1) is 0 Å². The number of hydrogen-bond donors (Lipinski definition) is 0. The molecule has 0 spiro atoms. The highest BCUT2D eigenvalue weighted by Gasteiger charge is 2.35. The number of hydrogen-bond acceptors (Lipinski definition) is 3. The van der Waals surface area contributed by atoms with Crippen molar-refractivity contribution in [3.8, 4) is 5.75 Å². The molecule has 2 aliphatic heterocycles. The monoisotopic (exact) mass is 275 g/mol. The summed E-state index contributed by atoms with van der Waals surface area (Å²) in [5.41, 5.74) is 0. The number of nitrogens with zero attached hydrogens (tertiary/aromatic N) is 1. The fourth-order valence-electron chi connectivity index (χ4n) is 2.97. The smallest absolute Gasteiger partial charge is 0.252 e. The Kier molecular flexibility index (Phi) is 4.21. The quantitative estimate of drug-likeness (QED) is 0.846. The minimum atomic E-state index is -0.215. The Morgan fingerprint density at radius 2 is 2.10 bits per heavy atom. The Balaban J connectivity index is 1.56. The van der Waals surface area contributed by atoms with Crippen LogP contribution in [0.4, 0.5) is 0 Å². The van der Waals surface area contributed by atoms with Gasteiger partial charge in [-0.05, 0) is 37.8 Å². The fourth-order valence-corrected chi connectivity index (χ4v) is 2.97. The Hall–Kier alpha value is -1.55. The second-order valence-electron chi connectivity index (χ2n) is 5.45. The van der Waals surface area contributed by atoms with E-state index in [9.17, 15) is 4.79 Å². The lowest BCUT2D eigenvalue weighted by atomic mass is 10.2. The van der Waals surface area contributed by atoms with Crippen molar-refractivity contribution in [2.75, 3.05) is 19.8 Å². The number of likely N-dealkylation sites (tertiary alicyclic amines) is 1. The molecule has 2 fully saturated rings. The summed E-state index contributed by atoms with van der Waals surface area (Å²) in [5.74, 6) is 1.02. The number of para-hydroxylation sites is 1. The van der Waals surface area contributed by atoms with E-state index in [1.54, 1.807) is 0 Å². The number of benzene rings is 1. The van der Waals surface area contributed by atoms with Gasteiger partial charge in [0.2, 0.25) is 0 Å². The molecule has 0 bridgehead atoms. The highest BCUT2D eigenvalue weighted by molar-refractivity contribution is 5.81. The normalized spacial score (nSPS) is 25.9. The lowest BCUT2D eigenvalue weighted by Crippen LogP contribution is -2.44. The summed E-state index contributed by atoms with van der Waals surface area (Å²) in [6.07, 6.45) is 3.72. The summed E-state index contributed by atoms with van der Waals surface area (Å²) in [6, 6.07) is 9.96. The van der Waals surface area contributed by atoms with Crippen molar-refractivity contribution in [1.82, 2.24) is 4.90 Å². The average molecular weight is 275 g/mol. The van der Waals surface area contributed by atoms with E-state index in [-0.39, 0.29) is 18.1 Å². The minimum Gasteiger partial charge on any atom is -0.491 e. The van der Waals surface area contributed by atoms with Gasteiger partial charge in [0, 0.05) is 13.2 Å². The summed E-state index contributed by atoms with van der Waals surface area (Å²) in [4.78, 5) is 14.4. The van der Waals surface area contributed by atoms with Gasteiger partial charge in [-0.25, -0.2) is 0 Å². The molecule has 0 saturated carbocycles. The van der Waals surface area contributed by atoms with Crippen molar-refractivity contribution < 1.29 is 14.3 Å². The molecule has 20 heavy (non-hydrogen) atoms. The van der Waals surface area contributed by atoms with E-state index in [1.165, 1.54) is 0 Å². The summed E-state index contributed by atoms with van der Waals surface area (Å²) in [6.45, 7) is 2.12. The molecule has 1 aromatic carbocycles. The van der Waals surface area contributed by atoms with Crippen LogP contribution in [0.15, 0.2) is 30.3 Å². The fraction of sp³-hybridized carbons (Fsp3) is 0.562. The SMILES string of the molecule is O=C([C@H]1CCCO1)N1CCC[C@@H]1COc1ccccc1. The molecule has 2 atom stereocenters. The molecule has 2 aliphatic rings. The Morgan fingerprint density at radius 1 is 1.25 bits per heavy atom. The van der Waals surface area contributed by atoms with Crippen molar-refractivity contribution in [2.45, 2.75) is 37.8 Å². The highest BCUT2D eigenvalue weighted by atomic mass is 16.5. The average Bonchev–Trinajstić information content (AvgIpc) is 3.17. The van der Waals surface area contributed by atoms with Crippen LogP contribution in [0.5, 0.6) is 5.75 Å². The van der Waals surface area contributed by atoms with E-state index in [0.717, 1.165) is 44.6 Å². The molecule has 4 nitrogen and oxygen atoms in total. The first-order valence-electron chi connectivity index (χ1n) is 7.44. The van der Waals surface area contributed by atoms with Gasteiger partial charge in [-0.3, -0.25) is 4.79 Å². The van der Waals surface area contributed by atoms with E-state index >= 15 is 0 Å². The van der Waals surface area contributed by atoms with Gasteiger partial charge in [-0.15, -0.1) is 0 Å². The third-order valence-corrected chi connectivity index (χ3v) is 4.05. The largest absolute Gasteiger partial charge is 0.491 e. The van der Waals surface area contributed by atoms with Crippen molar-refractivity contribution >= 4 is 5.91 Å². The molecule has 3 rings (SSSR count). The van der Waals surface area contributed by atoms with Crippen LogP contribution in [0.3, 0.4) is 0 Å². The number of amides is 1. The molecule has 0 N–H and O–H groups in total. The number of carbonyl (C=O) groups is 1. The second-order valence-corrected chi connectivity index (χ2v) is 5.45. The summed E-state index contributed by atoms with van der Waals surface area (Å²) >= 11 is 0. The summed E-state index contributed by atoms with van der Waals surface area (Å²) in [5, 5.41) is 0. The van der Waals surface area contributed by atoms with Gasteiger partial charge < -0.3 is 14.4 Å². The first-order chi connectivity index (χ1) is 9.84. The zero-order valence-corrected chi connectivity index (χ0v) is 11.7. The lowest BCUT2D eigenvalue weighted by molar-refractivity contribution is -0.142. The molecular weight excluding hydrogens is 254 g/mol. The van der Waals surface area contributed by atoms with E-state index in [4.69, 9.17) is 9.47 Å². The first-order valence-corrected chi connectivity index (χ1v) is 7.44. The predicted octanol–water partition coefficient (Wildman–Crippen LogP) is 2.24. The van der Waals surface area contributed by atoms with Crippen molar-refractivity contribution in [3.63, 3.8) is 0 Å². The van der Waals surface area contributed by atoms with Crippen LogP contribution in [0.1, 0.15) is 25.7 Å². The molecule has 1 amide bonds. The first kappa shape index (κ1) is 13.4.